The Morgan fingerprint density at radius 2 is 1.80 bits per heavy atom. The maximum atomic E-state index is 12.3. The van der Waals surface area contributed by atoms with Crippen molar-refractivity contribution >= 4 is 23.9 Å². The smallest absolute Gasteiger partial charge is 0.329 e. The Labute approximate surface area is 204 Å². The molecule has 35 heavy (non-hydrogen) atoms. The number of benzene rings is 2. The number of nitrogens with zero attached hydrogens (tertiary/aromatic N) is 2. The molecule has 3 amide bonds. The highest BCUT2D eigenvalue weighted by molar-refractivity contribution is 6.35. The van der Waals surface area contributed by atoms with Gasteiger partial charge in [-0.05, 0) is 42.7 Å². The zero-order chi connectivity index (χ0) is 24.9. The van der Waals surface area contributed by atoms with Gasteiger partial charge in [-0.3, -0.25) is 14.4 Å². The predicted octanol–water partition coefficient (Wildman–Crippen LogP) is 1.13. The van der Waals surface area contributed by atoms with Gasteiger partial charge in [0, 0.05) is 19.6 Å². The number of hydrogen-bond donors (Lipinski definition) is 2. The molecule has 0 atom stereocenters. The van der Waals surface area contributed by atoms with Crippen LogP contribution < -0.4 is 20.2 Å². The summed E-state index contributed by atoms with van der Waals surface area (Å²) in [6.45, 7) is 4.61. The number of ether oxygens (including phenoxy) is 3. The van der Waals surface area contributed by atoms with Crippen molar-refractivity contribution in [2.24, 2.45) is 5.10 Å². The molecule has 2 aromatic carbocycles. The number of carbonyl (C=O) groups is 3. The Kier molecular flexibility index (Phi) is 10.1. The third-order valence-corrected chi connectivity index (χ3v) is 5.11. The zero-order valence-corrected chi connectivity index (χ0v) is 19.7. The Morgan fingerprint density at radius 3 is 2.54 bits per heavy atom. The SMILES string of the molecule is CCOc1cc(/C=N\NC(=O)C(=O)NCCc2ccccc2)ccc1OCC(=O)N1CCOCC1. The molecule has 1 fully saturated rings. The summed E-state index contributed by atoms with van der Waals surface area (Å²) in [5.41, 5.74) is 3.89. The van der Waals surface area contributed by atoms with Crippen LogP contribution in [-0.4, -0.2) is 74.9 Å². The Hall–Kier alpha value is -3.92. The number of hydrazone groups is 1. The first kappa shape index (κ1) is 25.7. The summed E-state index contributed by atoms with van der Waals surface area (Å²) in [4.78, 5) is 37.9. The fourth-order valence-electron chi connectivity index (χ4n) is 3.30. The van der Waals surface area contributed by atoms with E-state index in [9.17, 15) is 14.4 Å². The molecule has 3 rings (SSSR count). The lowest BCUT2D eigenvalue weighted by Crippen LogP contribution is -2.43. The number of carbonyl (C=O) groups excluding carboxylic acids is 3. The highest BCUT2D eigenvalue weighted by Crippen LogP contribution is 2.28. The average molecular weight is 483 g/mol. The van der Waals surface area contributed by atoms with Crippen LogP contribution in [0.3, 0.4) is 0 Å². The second kappa shape index (κ2) is 13.7. The predicted molar refractivity (Wildman–Crippen MR) is 129 cm³/mol. The molecule has 0 spiro atoms. The molecule has 1 heterocycles. The van der Waals surface area contributed by atoms with Gasteiger partial charge in [0.25, 0.3) is 5.91 Å². The molecule has 2 N–H and O–H groups in total. The molecule has 10 nitrogen and oxygen atoms in total. The summed E-state index contributed by atoms with van der Waals surface area (Å²) in [5.74, 6) is -0.877. The van der Waals surface area contributed by atoms with E-state index in [2.05, 4.69) is 15.8 Å². The number of morpholine rings is 1. The minimum absolute atomic E-state index is 0.108. The van der Waals surface area contributed by atoms with Crippen LogP contribution in [0.15, 0.2) is 53.6 Å². The van der Waals surface area contributed by atoms with E-state index < -0.39 is 11.8 Å². The van der Waals surface area contributed by atoms with Crippen molar-refractivity contribution < 1.29 is 28.6 Å². The molecule has 10 heteroatoms. The molecule has 1 saturated heterocycles. The van der Waals surface area contributed by atoms with E-state index in [1.165, 1.54) is 6.21 Å². The lowest BCUT2D eigenvalue weighted by molar-refractivity contribution is -0.139. The van der Waals surface area contributed by atoms with Crippen molar-refractivity contribution in [2.45, 2.75) is 13.3 Å². The van der Waals surface area contributed by atoms with Crippen molar-refractivity contribution in [2.75, 3.05) is 46.1 Å². The van der Waals surface area contributed by atoms with Crippen LogP contribution in [0.5, 0.6) is 11.5 Å². The Bertz CT molecular complexity index is 1020. The van der Waals surface area contributed by atoms with Gasteiger partial charge < -0.3 is 24.4 Å². The minimum Gasteiger partial charge on any atom is -0.490 e. The first-order valence-electron chi connectivity index (χ1n) is 11.5. The van der Waals surface area contributed by atoms with Gasteiger partial charge in [0.1, 0.15) is 0 Å². The summed E-state index contributed by atoms with van der Waals surface area (Å²) in [7, 11) is 0. The first-order valence-corrected chi connectivity index (χ1v) is 11.5. The van der Waals surface area contributed by atoms with Gasteiger partial charge in [0.05, 0.1) is 26.0 Å². The van der Waals surface area contributed by atoms with E-state index in [-0.39, 0.29) is 12.5 Å². The maximum Gasteiger partial charge on any atom is 0.329 e. The van der Waals surface area contributed by atoms with Crippen LogP contribution in [-0.2, 0) is 25.5 Å². The number of hydrogen-bond acceptors (Lipinski definition) is 7. The molecule has 0 unspecified atom stereocenters. The van der Waals surface area contributed by atoms with Crippen molar-refractivity contribution in [3.05, 3.63) is 59.7 Å². The van der Waals surface area contributed by atoms with Crippen molar-refractivity contribution in [1.82, 2.24) is 15.6 Å². The molecule has 0 aromatic heterocycles. The monoisotopic (exact) mass is 482 g/mol. The van der Waals surface area contributed by atoms with E-state index >= 15 is 0 Å². The van der Waals surface area contributed by atoms with Gasteiger partial charge >= 0.3 is 11.8 Å². The molecule has 186 valence electrons. The van der Waals surface area contributed by atoms with Gasteiger partial charge in [-0.25, -0.2) is 5.43 Å². The van der Waals surface area contributed by atoms with Crippen LogP contribution in [0.2, 0.25) is 0 Å². The van der Waals surface area contributed by atoms with Gasteiger partial charge in [-0.1, -0.05) is 30.3 Å². The molecule has 0 radical (unpaired) electrons. The Balaban J connectivity index is 1.48. The molecule has 0 bridgehead atoms. The Morgan fingerprint density at radius 1 is 1.03 bits per heavy atom. The number of amides is 3. The summed E-state index contributed by atoms with van der Waals surface area (Å²) >= 11 is 0. The average Bonchev–Trinajstić information content (AvgIpc) is 2.89. The summed E-state index contributed by atoms with van der Waals surface area (Å²) in [5, 5.41) is 6.40. The number of rotatable bonds is 10. The molecule has 1 aliphatic rings. The van der Waals surface area contributed by atoms with Crippen LogP contribution >= 0.6 is 0 Å². The van der Waals surface area contributed by atoms with Gasteiger partial charge in [-0.2, -0.15) is 5.10 Å². The van der Waals surface area contributed by atoms with Crippen LogP contribution in [0.25, 0.3) is 0 Å². The lowest BCUT2D eigenvalue weighted by atomic mass is 10.1. The van der Waals surface area contributed by atoms with Crippen molar-refractivity contribution in [1.29, 1.82) is 0 Å². The van der Waals surface area contributed by atoms with E-state index in [0.29, 0.717) is 62.9 Å². The van der Waals surface area contributed by atoms with Crippen molar-refractivity contribution in [3.63, 3.8) is 0 Å². The highest BCUT2D eigenvalue weighted by Gasteiger charge is 2.18. The van der Waals surface area contributed by atoms with Crippen LogP contribution in [0.1, 0.15) is 18.1 Å². The third kappa shape index (κ3) is 8.42. The van der Waals surface area contributed by atoms with Gasteiger partial charge in [0.15, 0.2) is 18.1 Å². The highest BCUT2D eigenvalue weighted by atomic mass is 16.5. The summed E-state index contributed by atoms with van der Waals surface area (Å²) in [6, 6.07) is 14.7. The molecular formula is C25H30N4O6. The molecule has 2 aromatic rings. The molecular weight excluding hydrogens is 452 g/mol. The molecule has 1 aliphatic heterocycles. The van der Waals surface area contributed by atoms with Crippen LogP contribution in [0, 0.1) is 0 Å². The zero-order valence-electron chi connectivity index (χ0n) is 19.7. The first-order chi connectivity index (χ1) is 17.1. The fourth-order valence-corrected chi connectivity index (χ4v) is 3.30. The van der Waals surface area contributed by atoms with E-state index in [1.54, 1.807) is 23.1 Å². The fraction of sp³-hybridized carbons (Fsp3) is 0.360. The topological polar surface area (TPSA) is 119 Å². The quantitative estimate of drug-likeness (QED) is 0.298. The molecule has 0 saturated carbocycles. The van der Waals surface area contributed by atoms with Crippen LogP contribution in [0.4, 0.5) is 0 Å². The van der Waals surface area contributed by atoms with E-state index in [4.69, 9.17) is 14.2 Å². The summed E-state index contributed by atoms with van der Waals surface area (Å²) in [6.07, 6.45) is 2.01. The third-order valence-electron chi connectivity index (χ3n) is 5.11. The largest absolute Gasteiger partial charge is 0.490 e. The minimum atomic E-state index is -0.860. The summed E-state index contributed by atoms with van der Waals surface area (Å²) < 4.78 is 16.6. The van der Waals surface area contributed by atoms with Gasteiger partial charge in [-0.15, -0.1) is 0 Å². The number of nitrogens with one attached hydrogen (secondary N) is 2. The van der Waals surface area contributed by atoms with Gasteiger partial charge in [0.2, 0.25) is 0 Å². The second-order valence-electron chi connectivity index (χ2n) is 7.61. The lowest BCUT2D eigenvalue weighted by Gasteiger charge is -2.26. The van der Waals surface area contributed by atoms with E-state index in [1.807, 2.05) is 37.3 Å². The standard InChI is InChI=1S/C25H30N4O6/c1-2-34-22-16-20(8-9-21(22)35-18-23(30)29-12-14-33-15-13-29)17-27-28-25(32)24(31)26-11-10-19-6-4-3-5-7-19/h3-9,16-17H,2,10-15,18H2,1H3,(H,26,31)(H,28,32)/b27-17-. The van der Waals surface area contributed by atoms with E-state index in [0.717, 1.165) is 5.56 Å². The second-order valence-corrected chi connectivity index (χ2v) is 7.61. The normalized spacial score (nSPS) is 13.3. The van der Waals surface area contributed by atoms with Crippen molar-refractivity contribution in [3.8, 4) is 11.5 Å². The maximum absolute atomic E-state index is 12.3. The molecule has 0 aliphatic carbocycles.